The van der Waals surface area contributed by atoms with Crippen molar-refractivity contribution in [2.24, 2.45) is 10.7 Å². The van der Waals surface area contributed by atoms with Gasteiger partial charge in [-0.25, -0.2) is 0 Å². The minimum atomic E-state index is 0.185. The third kappa shape index (κ3) is 2.38. The molecule has 0 aliphatic carbocycles. The molecule has 1 aromatic carbocycles. The van der Waals surface area contributed by atoms with Crippen molar-refractivity contribution < 1.29 is 9.47 Å². The third-order valence-electron chi connectivity index (χ3n) is 3.67. The lowest BCUT2D eigenvalue weighted by molar-refractivity contribution is 0.174. The molecule has 20 heavy (non-hydrogen) atoms. The van der Waals surface area contributed by atoms with E-state index < -0.39 is 0 Å². The Kier molecular flexibility index (Phi) is 3.40. The lowest BCUT2D eigenvalue weighted by atomic mass is 10.1. The predicted octanol–water partition coefficient (Wildman–Crippen LogP) is 0.648. The van der Waals surface area contributed by atoms with E-state index >= 15 is 0 Å². The molecule has 0 saturated carbocycles. The molecule has 1 aromatic rings. The fraction of sp³-hybridized carbons (Fsp3) is 0.500. The highest BCUT2D eigenvalue weighted by molar-refractivity contribution is 5.80. The first-order chi connectivity index (χ1) is 9.65. The van der Waals surface area contributed by atoms with Crippen molar-refractivity contribution in [3.05, 3.63) is 23.8 Å². The standard InChI is InChI=1S/C14H20N4O2/c1-17(2)5-6-18-11(8-16-14(18)15)10-3-4-12-13(7-10)20-9-19-12/h3-4,7,11H,5-6,8-9H2,1-2H3,(H2,15,16). The van der Waals surface area contributed by atoms with Crippen molar-refractivity contribution >= 4 is 5.96 Å². The van der Waals surface area contributed by atoms with Gasteiger partial charge in [-0.3, -0.25) is 4.99 Å². The molecule has 0 aromatic heterocycles. The van der Waals surface area contributed by atoms with Crippen LogP contribution in [0.4, 0.5) is 0 Å². The Morgan fingerprint density at radius 2 is 2.15 bits per heavy atom. The number of benzene rings is 1. The Morgan fingerprint density at radius 3 is 2.95 bits per heavy atom. The molecule has 2 aliphatic heterocycles. The molecule has 6 heteroatoms. The van der Waals surface area contributed by atoms with Gasteiger partial charge in [-0.15, -0.1) is 0 Å². The fourth-order valence-electron chi connectivity index (χ4n) is 2.51. The molecule has 0 fully saturated rings. The van der Waals surface area contributed by atoms with Gasteiger partial charge in [0.05, 0.1) is 12.6 Å². The molecule has 3 rings (SSSR count). The van der Waals surface area contributed by atoms with Crippen LogP contribution in [0.25, 0.3) is 0 Å². The minimum absolute atomic E-state index is 0.185. The summed E-state index contributed by atoms with van der Waals surface area (Å²) in [6.07, 6.45) is 0. The summed E-state index contributed by atoms with van der Waals surface area (Å²) in [6, 6.07) is 6.24. The van der Waals surface area contributed by atoms with E-state index in [0.717, 1.165) is 30.2 Å². The highest BCUT2D eigenvalue weighted by Crippen LogP contribution is 2.36. The second-order valence-electron chi connectivity index (χ2n) is 5.32. The molecule has 1 unspecified atom stereocenters. The summed E-state index contributed by atoms with van der Waals surface area (Å²) in [5.41, 5.74) is 7.17. The van der Waals surface area contributed by atoms with Gasteiger partial charge < -0.3 is 25.0 Å². The van der Waals surface area contributed by atoms with E-state index in [1.165, 1.54) is 0 Å². The second kappa shape index (κ2) is 5.20. The van der Waals surface area contributed by atoms with Crippen molar-refractivity contribution in [3.63, 3.8) is 0 Å². The number of rotatable bonds is 4. The van der Waals surface area contributed by atoms with Crippen LogP contribution in [-0.2, 0) is 0 Å². The van der Waals surface area contributed by atoms with Gasteiger partial charge in [-0.05, 0) is 31.8 Å². The number of likely N-dealkylation sites (N-methyl/N-ethyl adjacent to an activating group) is 1. The summed E-state index contributed by atoms with van der Waals surface area (Å²) in [6.45, 7) is 2.80. The minimum Gasteiger partial charge on any atom is -0.454 e. The number of nitrogens with zero attached hydrogens (tertiary/aromatic N) is 3. The van der Waals surface area contributed by atoms with Crippen LogP contribution in [0.3, 0.4) is 0 Å². The number of guanidine groups is 1. The Morgan fingerprint density at radius 1 is 1.35 bits per heavy atom. The van der Waals surface area contributed by atoms with E-state index in [1.54, 1.807) is 0 Å². The largest absolute Gasteiger partial charge is 0.454 e. The van der Waals surface area contributed by atoms with Crippen molar-refractivity contribution in [2.45, 2.75) is 6.04 Å². The Labute approximate surface area is 118 Å². The summed E-state index contributed by atoms with van der Waals surface area (Å²) < 4.78 is 10.8. The maximum atomic E-state index is 6.01. The molecular weight excluding hydrogens is 256 g/mol. The van der Waals surface area contributed by atoms with Crippen LogP contribution < -0.4 is 15.2 Å². The van der Waals surface area contributed by atoms with Gasteiger partial charge in [-0.2, -0.15) is 0 Å². The zero-order valence-electron chi connectivity index (χ0n) is 11.9. The van der Waals surface area contributed by atoms with Gasteiger partial charge in [-0.1, -0.05) is 6.07 Å². The zero-order valence-corrected chi connectivity index (χ0v) is 11.9. The molecule has 6 nitrogen and oxygen atoms in total. The van der Waals surface area contributed by atoms with Gasteiger partial charge in [0.15, 0.2) is 17.5 Å². The fourth-order valence-corrected chi connectivity index (χ4v) is 2.51. The van der Waals surface area contributed by atoms with E-state index in [0.29, 0.717) is 19.3 Å². The molecular formula is C14H20N4O2. The quantitative estimate of drug-likeness (QED) is 0.875. The number of fused-ring (bicyclic) bond motifs is 1. The van der Waals surface area contributed by atoms with Crippen LogP contribution in [0, 0.1) is 0 Å². The first-order valence-electron chi connectivity index (χ1n) is 6.76. The molecule has 0 spiro atoms. The molecule has 1 atom stereocenters. The average Bonchev–Trinajstić information content (AvgIpc) is 3.01. The second-order valence-corrected chi connectivity index (χ2v) is 5.32. The van der Waals surface area contributed by atoms with Gasteiger partial charge in [0.1, 0.15) is 0 Å². The predicted molar refractivity (Wildman–Crippen MR) is 77.1 cm³/mol. The first kappa shape index (κ1) is 13.1. The third-order valence-corrected chi connectivity index (χ3v) is 3.67. The van der Waals surface area contributed by atoms with Gasteiger partial charge >= 0.3 is 0 Å². The van der Waals surface area contributed by atoms with Gasteiger partial charge in [0, 0.05) is 13.1 Å². The lowest BCUT2D eigenvalue weighted by Gasteiger charge is -2.27. The molecule has 108 valence electrons. The maximum Gasteiger partial charge on any atom is 0.231 e. The van der Waals surface area contributed by atoms with Crippen LogP contribution in [-0.4, -0.2) is 56.3 Å². The highest BCUT2D eigenvalue weighted by Gasteiger charge is 2.28. The van der Waals surface area contributed by atoms with Gasteiger partial charge in [0.2, 0.25) is 6.79 Å². The molecule has 0 saturated heterocycles. The van der Waals surface area contributed by atoms with Crippen molar-refractivity contribution in [1.29, 1.82) is 0 Å². The number of ether oxygens (including phenoxy) is 2. The van der Waals surface area contributed by atoms with Crippen LogP contribution in [0.15, 0.2) is 23.2 Å². The molecule has 2 aliphatic rings. The first-order valence-corrected chi connectivity index (χ1v) is 6.76. The van der Waals surface area contributed by atoms with E-state index in [9.17, 15) is 0 Å². The molecule has 0 amide bonds. The van der Waals surface area contributed by atoms with Crippen molar-refractivity contribution in [2.75, 3.05) is 40.5 Å². The van der Waals surface area contributed by atoms with Crippen LogP contribution in [0.1, 0.15) is 11.6 Å². The van der Waals surface area contributed by atoms with E-state index in [-0.39, 0.29) is 6.04 Å². The van der Waals surface area contributed by atoms with E-state index in [1.807, 2.05) is 12.1 Å². The summed E-state index contributed by atoms with van der Waals surface area (Å²) in [5.74, 6) is 2.23. The monoisotopic (exact) mass is 276 g/mol. The molecule has 0 bridgehead atoms. The Bertz CT molecular complexity index is 530. The van der Waals surface area contributed by atoms with Gasteiger partial charge in [0.25, 0.3) is 0 Å². The smallest absolute Gasteiger partial charge is 0.231 e. The van der Waals surface area contributed by atoms with Crippen LogP contribution in [0.2, 0.25) is 0 Å². The van der Waals surface area contributed by atoms with Crippen LogP contribution >= 0.6 is 0 Å². The lowest BCUT2D eigenvalue weighted by Crippen LogP contribution is -2.40. The van der Waals surface area contributed by atoms with Crippen molar-refractivity contribution in [3.8, 4) is 11.5 Å². The van der Waals surface area contributed by atoms with E-state index in [2.05, 4.69) is 35.0 Å². The number of nitrogens with two attached hydrogens (primary N) is 1. The maximum absolute atomic E-state index is 6.01. The summed E-state index contributed by atoms with van der Waals surface area (Å²) in [5, 5.41) is 0. The highest BCUT2D eigenvalue weighted by atomic mass is 16.7. The number of aliphatic imine (C=N–C) groups is 1. The molecule has 2 N–H and O–H groups in total. The normalized spacial score (nSPS) is 20.6. The molecule has 2 heterocycles. The Balaban J connectivity index is 1.78. The van der Waals surface area contributed by atoms with Crippen molar-refractivity contribution in [1.82, 2.24) is 9.80 Å². The molecule has 0 radical (unpaired) electrons. The summed E-state index contributed by atoms with van der Waals surface area (Å²) >= 11 is 0. The Hall–Kier alpha value is -1.95. The van der Waals surface area contributed by atoms with E-state index in [4.69, 9.17) is 15.2 Å². The average molecular weight is 276 g/mol. The van der Waals surface area contributed by atoms with Crippen LogP contribution in [0.5, 0.6) is 11.5 Å². The zero-order chi connectivity index (χ0) is 14.1. The topological polar surface area (TPSA) is 63.3 Å². The summed E-state index contributed by atoms with van der Waals surface area (Å²) in [4.78, 5) is 8.67. The number of hydrogen-bond acceptors (Lipinski definition) is 6. The summed E-state index contributed by atoms with van der Waals surface area (Å²) in [7, 11) is 4.11. The number of hydrogen-bond donors (Lipinski definition) is 1. The SMILES string of the molecule is CN(C)CCN1C(N)=NCC1c1ccc2c(c1)OCO2.